The van der Waals surface area contributed by atoms with Crippen LogP contribution in [-0.4, -0.2) is 12.9 Å². The van der Waals surface area contributed by atoms with Gasteiger partial charge in [-0.1, -0.05) is 47.6 Å². The maximum absolute atomic E-state index is 14.1. The lowest BCUT2D eigenvalue weighted by Crippen LogP contribution is -2.25. The van der Waals surface area contributed by atoms with E-state index in [4.69, 9.17) is 4.74 Å². The summed E-state index contributed by atoms with van der Waals surface area (Å²) in [4.78, 5) is 11.0. The van der Waals surface area contributed by atoms with Crippen molar-refractivity contribution < 1.29 is 13.9 Å². The minimum atomic E-state index is -0.748. The van der Waals surface area contributed by atoms with E-state index in [2.05, 4.69) is 46.8 Å². The molecular formula is C23H31FO2. The summed E-state index contributed by atoms with van der Waals surface area (Å²) < 4.78 is 20.0. The Bertz CT molecular complexity index is 761. The van der Waals surface area contributed by atoms with Gasteiger partial charge in [-0.15, -0.1) is 0 Å². The van der Waals surface area contributed by atoms with Crippen LogP contribution in [0.4, 0.5) is 4.39 Å². The molecule has 0 amide bonds. The van der Waals surface area contributed by atoms with Crippen LogP contribution in [0.15, 0.2) is 24.0 Å². The highest BCUT2D eigenvalue weighted by Gasteiger charge is 2.33. The van der Waals surface area contributed by atoms with Crippen molar-refractivity contribution in [3.63, 3.8) is 0 Å². The lowest BCUT2D eigenvalue weighted by Gasteiger charge is -2.37. The van der Waals surface area contributed by atoms with Crippen molar-refractivity contribution in [3.05, 3.63) is 40.7 Å². The molecule has 0 N–H and O–H groups in total. The van der Waals surface area contributed by atoms with Crippen molar-refractivity contribution >= 4 is 17.4 Å². The molecular weight excluding hydrogens is 327 g/mol. The highest BCUT2D eigenvalue weighted by atomic mass is 19.1. The number of fused-ring (bicyclic) bond motifs is 1. The molecule has 0 saturated carbocycles. The summed E-state index contributed by atoms with van der Waals surface area (Å²) in [5.41, 5.74) is 4.56. The van der Waals surface area contributed by atoms with Crippen LogP contribution >= 0.6 is 0 Å². The number of hydrogen-bond donors (Lipinski definition) is 0. The molecule has 2 nitrogen and oxygen atoms in total. The van der Waals surface area contributed by atoms with E-state index in [0.717, 1.165) is 18.4 Å². The lowest BCUT2D eigenvalue weighted by molar-refractivity contribution is -0.106. The van der Waals surface area contributed by atoms with Crippen LogP contribution in [0.25, 0.3) is 11.1 Å². The highest BCUT2D eigenvalue weighted by Crippen LogP contribution is 2.48. The van der Waals surface area contributed by atoms with Crippen LogP contribution in [0.1, 0.15) is 78.0 Å². The van der Waals surface area contributed by atoms with Crippen LogP contribution in [0, 0.1) is 5.41 Å². The van der Waals surface area contributed by atoms with E-state index in [9.17, 15) is 9.18 Å². The van der Waals surface area contributed by atoms with Crippen LogP contribution < -0.4 is 4.74 Å². The van der Waals surface area contributed by atoms with Crippen LogP contribution in [0.2, 0.25) is 0 Å². The molecule has 0 saturated heterocycles. The maximum atomic E-state index is 14.1. The van der Waals surface area contributed by atoms with E-state index < -0.39 is 5.83 Å². The van der Waals surface area contributed by atoms with Gasteiger partial charge in [0.15, 0.2) is 12.1 Å². The minimum Gasteiger partial charge on any atom is -0.493 e. The highest BCUT2D eigenvalue weighted by molar-refractivity contribution is 5.88. The predicted molar refractivity (Wildman–Crippen MR) is 107 cm³/mol. The van der Waals surface area contributed by atoms with Gasteiger partial charge >= 0.3 is 0 Å². The third kappa shape index (κ3) is 3.92. The fraction of sp³-hybridized carbons (Fsp3) is 0.522. The quantitative estimate of drug-likeness (QED) is 0.444. The molecule has 0 fully saturated rings. The number of aldehydes is 1. The summed E-state index contributed by atoms with van der Waals surface area (Å²) in [5, 5.41) is 0. The number of benzene rings is 1. The molecule has 0 bridgehead atoms. The van der Waals surface area contributed by atoms with Gasteiger partial charge in [-0.05, 0) is 65.0 Å². The third-order valence-corrected chi connectivity index (χ3v) is 5.09. The van der Waals surface area contributed by atoms with Gasteiger partial charge in [0.05, 0.1) is 6.61 Å². The first-order valence-electron chi connectivity index (χ1n) is 9.37. The third-order valence-electron chi connectivity index (χ3n) is 5.09. The van der Waals surface area contributed by atoms with Gasteiger partial charge in [-0.2, -0.15) is 0 Å². The summed E-state index contributed by atoms with van der Waals surface area (Å²) in [6.07, 6.45) is 4.39. The van der Waals surface area contributed by atoms with Gasteiger partial charge in [-0.3, -0.25) is 4.79 Å². The molecule has 1 aromatic carbocycles. The minimum absolute atomic E-state index is 0.0187. The monoisotopic (exact) mass is 358 g/mol. The molecule has 1 aliphatic rings. The molecule has 1 aromatic rings. The molecule has 0 aliphatic heterocycles. The molecule has 142 valence electrons. The molecule has 0 spiro atoms. The Balaban J connectivity index is 2.79. The van der Waals surface area contributed by atoms with Crippen molar-refractivity contribution in [2.24, 2.45) is 5.41 Å². The number of hydrogen-bond acceptors (Lipinski definition) is 2. The van der Waals surface area contributed by atoms with Crippen molar-refractivity contribution in [2.75, 3.05) is 6.61 Å². The van der Waals surface area contributed by atoms with Crippen LogP contribution in [0.3, 0.4) is 0 Å². The Morgan fingerprint density at radius 1 is 1.31 bits per heavy atom. The number of halogens is 1. The van der Waals surface area contributed by atoms with Gasteiger partial charge in [0, 0.05) is 5.56 Å². The average Bonchev–Trinajstić information content (AvgIpc) is 2.56. The van der Waals surface area contributed by atoms with Gasteiger partial charge in [0.1, 0.15) is 5.75 Å². The Hall–Kier alpha value is -1.90. The lowest BCUT2D eigenvalue weighted by atomic mass is 9.67. The fourth-order valence-corrected chi connectivity index (χ4v) is 3.49. The first-order chi connectivity index (χ1) is 12.0. The second-order valence-corrected chi connectivity index (χ2v) is 8.79. The predicted octanol–water partition coefficient (Wildman–Crippen LogP) is 6.49. The molecule has 0 radical (unpaired) electrons. The molecule has 2 rings (SSSR count). The summed E-state index contributed by atoms with van der Waals surface area (Å²) >= 11 is 0. The molecule has 0 atom stereocenters. The zero-order chi connectivity index (χ0) is 19.7. The van der Waals surface area contributed by atoms with E-state index in [1.807, 2.05) is 13.0 Å². The molecule has 0 heterocycles. The normalized spacial score (nSPS) is 17.2. The summed E-state index contributed by atoms with van der Waals surface area (Å²) in [6.45, 7) is 15.3. The smallest absolute Gasteiger partial charge is 0.178 e. The SMILES string of the molecule is CCCOc1cc2c(cc1/C(C)=C(/F)C=O)C(C(C)(C)C)=CCC2(C)C. The second-order valence-electron chi connectivity index (χ2n) is 8.79. The number of carbonyl (C=O) groups excluding carboxylic acids is 1. The van der Waals surface area contributed by atoms with Crippen molar-refractivity contribution in [2.45, 2.75) is 66.7 Å². The standard InChI is InChI=1S/C23H31FO2/c1-8-11-26-21-13-19-17(12-16(21)15(2)20(24)14-25)18(22(3,4)5)9-10-23(19,6)7/h9,12-14H,8,10-11H2,1-7H3/b20-15+. The number of rotatable bonds is 5. The molecule has 1 aliphatic carbocycles. The Labute approximate surface area is 157 Å². The number of carbonyl (C=O) groups is 1. The van der Waals surface area contributed by atoms with Crippen LogP contribution in [0.5, 0.6) is 5.75 Å². The Morgan fingerprint density at radius 3 is 2.50 bits per heavy atom. The van der Waals surface area contributed by atoms with Crippen molar-refractivity contribution in [1.82, 2.24) is 0 Å². The van der Waals surface area contributed by atoms with E-state index in [1.165, 1.54) is 11.1 Å². The van der Waals surface area contributed by atoms with E-state index in [-0.39, 0.29) is 17.1 Å². The van der Waals surface area contributed by atoms with Gasteiger partial charge in [-0.25, -0.2) is 4.39 Å². The Morgan fingerprint density at radius 2 is 1.96 bits per heavy atom. The number of allylic oxidation sites excluding steroid dienone is 4. The van der Waals surface area contributed by atoms with E-state index >= 15 is 0 Å². The number of ether oxygens (including phenoxy) is 1. The topological polar surface area (TPSA) is 26.3 Å². The van der Waals surface area contributed by atoms with Crippen molar-refractivity contribution in [3.8, 4) is 5.75 Å². The second kappa shape index (κ2) is 7.38. The summed E-state index contributed by atoms with van der Waals surface area (Å²) in [7, 11) is 0. The van der Waals surface area contributed by atoms with Crippen LogP contribution in [-0.2, 0) is 10.2 Å². The zero-order valence-corrected chi connectivity index (χ0v) is 17.1. The molecule has 0 aromatic heterocycles. The van der Waals surface area contributed by atoms with Gasteiger partial charge in [0.2, 0.25) is 0 Å². The van der Waals surface area contributed by atoms with Gasteiger partial charge in [0.25, 0.3) is 0 Å². The maximum Gasteiger partial charge on any atom is 0.178 e. The van der Waals surface area contributed by atoms with Crippen molar-refractivity contribution in [1.29, 1.82) is 0 Å². The molecule has 0 unspecified atom stereocenters. The summed E-state index contributed by atoms with van der Waals surface area (Å²) in [6, 6.07) is 4.07. The van der Waals surface area contributed by atoms with E-state index in [1.54, 1.807) is 6.92 Å². The first kappa shape index (κ1) is 20.4. The summed E-state index contributed by atoms with van der Waals surface area (Å²) in [5.74, 6) is -0.0917. The Kier molecular flexibility index (Phi) is 5.79. The largest absolute Gasteiger partial charge is 0.493 e. The first-order valence-corrected chi connectivity index (χ1v) is 9.37. The fourth-order valence-electron chi connectivity index (χ4n) is 3.49. The van der Waals surface area contributed by atoms with E-state index in [0.29, 0.717) is 23.5 Å². The molecule has 26 heavy (non-hydrogen) atoms. The average molecular weight is 358 g/mol. The van der Waals surface area contributed by atoms with Gasteiger partial charge < -0.3 is 4.74 Å². The zero-order valence-electron chi connectivity index (χ0n) is 17.1. The molecule has 3 heteroatoms.